The third-order valence-electron chi connectivity index (χ3n) is 7.57. The Bertz CT molecular complexity index is 1600. The quantitative estimate of drug-likeness (QED) is 0.106. The third-order valence-corrected chi connectivity index (χ3v) is 7.57. The lowest BCUT2D eigenvalue weighted by Crippen LogP contribution is -2.29. The highest BCUT2D eigenvalue weighted by Crippen LogP contribution is 2.25. The van der Waals surface area contributed by atoms with Gasteiger partial charge in [-0.15, -0.1) is 0 Å². The van der Waals surface area contributed by atoms with Crippen LogP contribution in [0.4, 0.5) is 0 Å². The smallest absolute Gasteiger partial charge is 0.292 e. The largest absolute Gasteiger partial charge is 0.491 e. The van der Waals surface area contributed by atoms with Gasteiger partial charge in [0.1, 0.15) is 11.6 Å². The Hall–Kier alpha value is -4.70. The fraction of sp³-hybridized carbons (Fsp3) is 0.368. The molecular formula is C38H45N3O4. The Labute approximate surface area is 267 Å². The van der Waals surface area contributed by atoms with Crippen molar-refractivity contribution in [1.29, 1.82) is 5.26 Å². The highest BCUT2D eigenvalue weighted by Gasteiger charge is 2.18. The Morgan fingerprint density at radius 3 is 2.24 bits per heavy atom. The maximum Gasteiger partial charge on any atom is 0.292 e. The first-order chi connectivity index (χ1) is 21.9. The average molecular weight is 608 g/mol. The van der Waals surface area contributed by atoms with E-state index in [1.54, 1.807) is 4.57 Å². The summed E-state index contributed by atoms with van der Waals surface area (Å²) in [5.41, 5.74) is 5.99. The Morgan fingerprint density at radius 1 is 0.956 bits per heavy atom. The van der Waals surface area contributed by atoms with Crippen LogP contribution in [0, 0.1) is 11.3 Å². The molecule has 7 heteroatoms. The number of unbranched alkanes of at least 4 members (excludes halogenated alkanes) is 2. The zero-order valence-electron chi connectivity index (χ0n) is 27.2. The molecule has 0 N–H and O–H groups in total. The van der Waals surface area contributed by atoms with Crippen molar-refractivity contribution in [2.75, 3.05) is 7.11 Å². The predicted octanol–water partition coefficient (Wildman–Crippen LogP) is 8.01. The number of rotatable bonds is 14. The highest BCUT2D eigenvalue weighted by molar-refractivity contribution is 5.70. The van der Waals surface area contributed by atoms with Gasteiger partial charge in [0.05, 0.1) is 36.2 Å². The number of ether oxygens (including phenoxy) is 2. The first-order valence-electron chi connectivity index (χ1n) is 15.9. The maximum atomic E-state index is 14.1. The van der Waals surface area contributed by atoms with Crippen LogP contribution in [0.25, 0.3) is 16.8 Å². The van der Waals surface area contributed by atoms with E-state index in [1.807, 2.05) is 79.7 Å². The molecule has 4 aromatic rings. The molecule has 0 aliphatic rings. The monoisotopic (exact) mass is 607 g/mol. The van der Waals surface area contributed by atoms with Crippen LogP contribution < -0.4 is 10.3 Å². The van der Waals surface area contributed by atoms with E-state index in [0.717, 1.165) is 64.5 Å². The summed E-state index contributed by atoms with van der Waals surface area (Å²) in [7, 11) is 1.31. The fourth-order valence-corrected chi connectivity index (χ4v) is 5.26. The van der Waals surface area contributed by atoms with E-state index in [4.69, 9.17) is 14.5 Å². The minimum absolute atomic E-state index is 0.0131. The van der Waals surface area contributed by atoms with E-state index in [0.29, 0.717) is 24.9 Å². The number of aromatic nitrogens is 2. The number of methoxy groups -OCH3 is 1. The number of nitriles is 1. The summed E-state index contributed by atoms with van der Waals surface area (Å²) in [5, 5.41) is 9.50. The topological polar surface area (TPSA) is 94.2 Å². The molecule has 0 spiro atoms. The molecule has 0 amide bonds. The Kier molecular flexibility index (Phi) is 14.1. The molecule has 1 unspecified atom stereocenters. The van der Waals surface area contributed by atoms with Crippen LogP contribution in [-0.2, 0) is 28.8 Å². The number of benzene rings is 3. The van der Waals surface area contributed by atoms with Gasteiger partial charge >= 0.3 is 0 Å². The number of carbonyl (C=O) groups excluding carboxylic acids is 1. The number of nitrogens with zero attached hydrogens (tertiary/aromatic N) is 3. The number of carbonyl (C=O) groups is 1. The highest BCUT2D eigenvalue weighted by atomic mass is 16.5. The van der Waals surface area contributed by atoms with Crippen LogP contribution in [0.5, 0.6) is 5.75 Å². The summed E-state index contributed by atoms with van der Waals surface area (Å²) < 4.78 is 11.8. The predicted molar refractivity (Wildman–Crippen MR) is 180 cm³/mol. The zero-order chi connectivity index (χ0) is 32.6. The summed E-state index contributed by atoms with van der Waals surface area (Å²) in [6, 6.07) is 25.9. The van der Waals surface area contributed by atoms with Gasteiger partial charge in [0.2, 0.25) is 0 Å². The third kappa shape index (κ3) is 9.64. The summed E-state index contributed by atoms with van der Waals surface area (Å²) in [5.74, 6) is 1.59. The fourth-order valence-electron chi connectivity index (χ4n) is 5.26. The van der Waals surface area contributed by atoms with Gasteiger partial charge in [-0.1, -0.05) is 82.5 Å². The molecule has 4 rings (SSSR count). The molecule has 7 nitrogen and oxygen atoms in total. The first kappa shape index (κ1) is 34.8. The molecule has 0 saturated heterocycles. The van der Waals surface area contributed by atoms with Crippen molar-refractivity contribution in [2.45, 2.75) is 85.2 Å². The second kappa shape index (κ2) is 18.2. The minimum atomic E-state index is -0.0131. The van der Waals surface area contributed by atoms with Crippen LogP contribution in [0.1, 0.15) is 88.0 Å². The minimum Gasteiger partial charge on any atom is -0.491 e. The molecule has 0 radical (unpaired) electrons. The van der Waals surface area contributed by atoms with Crippen molar-refractivity contribution in [3.05, 3.63) is 111 Å². The van der Waals surface area contributed by atoms with Crippen molar-refractivity contribution >= 4 is 6.47 Å². The lowest BCUT2D eigenvalue weighted by Gasteiger charge is -2.18. The zero-order valence-corrected chi connectivity index (χ0v) is 27.2. The summed E-state index contributed by atoms with van der Waals surface area (Å²) in [4.78, 5) is 28.0. The molecule has 0 aliphatic carbocycles. The molecule has 0 saturated carbocycles. The van der Waals surface area contributed by atoms with E-state index >= 15 is 0 Å². The van der Waals surface area contributed by atoms with Crippen LogP contribution in [-0.4, -0.2) is 29.2 Å². The van der Waals surface area contributed by atoms with Gasteiger partial charge < -0.3 is 9.47 Å². The van der Waals surface area contributed by atoms with Crippen molar-refractivity contribution < 1.29 is 14.3 Å². The molecule has 3 aromatic carbocycles. The summed E-state index contributed by atoms with van der Waals surface area (Å²) in [6.07, 6.45) is 7.61. The first-order valence-corrected chi connectivity index (χ1v) is 15.9. The van der Waals surface area contributed by atoms with Crippen molar-refractivity contribution in [3.63, 3.8) is 0 Å². The SMILES string of the molecule is CCCCCC(C)Oc1ccc(-n2c(CC)nc(CCC)c(Cc3ccc(-c4ccccc4C#N)cc3)c2=O)cc1.COC=O. The van der Waals surface area contributed by atoms with Crippen molar-refractivity contribution in [1.82, 2.24) is 9.55 Å². The number of hydrogen-bond donors (Lipinski definition) is 0. The van der Waals surface area contributed by atoms with Gasteiger partial charge in [0, 0.05) is 18.4 Å². The van der Waals surface area contributed by atoms with Crippen LogP contribution >= 0.6 is 0 Å². The summed E-state index contributed by atoms with van der Waals surface area (Å²) in [6.45, 7) is 8.85. The average Bonchev–Trinajstić information content (AvgIpc) is 3.07. The van der Waals surface area contributed by atoms with Crippen molar-refractivity contribution in [3.8, 4) is 28.6 Å². The lowest BCUT2D eigenvalue weighted by molar-refractivity contribution is -0.126. The van der Waals surface area contributed by atoms with E-state index < -0.39 is 0 Å². The maximum absolute atomic E-state index is 14.1. The van der Waals surface area contributed by atoms with Crippen LogP contribution in [0.3, 0.4) is 0 Å². The normalized spacial score (nSPS) is 11.1. The van der Waals surface area contributed by atoms with E-state index in [9.17, 15) is 10.1 Å². The molecule has 1 heterocycles. The van der Waals surface area contributed by atoms with Gasteiger partial charge in [-0.25, -0.2) is 4.98 Å². The van der Waals surface area contributed by atoms with E-state index in [-0.39, 0.29) is 11.7 Å². The van der Waals surface area contributed by atoms with Gasteiger partial charge in [-0.2, -0.15) is 5.26 Å². The lowest BCUT2D eigenvalue weighted by atomic mass is 9.97. The Balaban J connectivity index is 0.00000130. The molecule has 1 aromatic heterocycles. The Morgan fingerprint density at radius 2 is 1.64 bits per heavy atom. The molecule has 236 valence electrons. The van der Waals surface area contributed by atoms with Gasteiger partial charge in [0.25, 0.3) is 12.0 Å². The van der Waals surface area contributed by atoms with E-state index in [2.05, 4.69) is 31.6 Å². The molecule has 0 aliphatic heterocycles. The molecular weight excluding hydrogens is 562 g/mol. The standard InChI is InChI=1S/C36H41N3O2.C2H4O2/c1-5-8-9-13-26(4)41-31-22-20-30(21-23-31)39-35(7-3)38-34(12-6-2)33(36(39)40)24-27-16-18-28(19-17-27)32-15-11-10-14-29(32)25-37;1-4-2-3/h10-11,14-23,26H,5-9,12-13,24H2,1-4H3;2H,1H3. The number of aryl methyl sites for hydroxylation is 2. The van der Waals surface area contributed by atoms with Crippen molar-refractivity contribution in [2.24, 2.45) is 0 Å². The molecule has 45 heavy (non-hydrogen) atoms. The second-order valence-electron chi connectivity index (χ2n) is 11.0. The second-order valence-corrected chi connectivity index (χ2v) is 11.0. The number of hydrogen-bond acceptors (Lipinski definition) is 6. The molecule has 0 bridgehead atoms. The van der Waals surface area contributed by atoms with Crippen LogP contribution in [0.2, 0.25) is 0 Å². The van der Waals surface area contributed by atoms with Crippen LogP contribution in [0.15, 0.2) is 77.6 Å². The van der Waals surface area contributed by atoms with E-state index in [1.165, 1.54) is 26.4 Å². The molecule has 1 atom stereocenters. The molecule has 0 fully saturated rings. The van der Waals surface area contributed by atoms with Gasteiger partial charge in [-0.05, 0) is 73.2 Å². The van der Waals surface area contributed by atoms with Gasteiger partial charge in [0.15, 0.2) is 0 Å². The van der Waals surface area contributed by atoms with Gasteiger partial charge in [-0.3, -0.25) is 14.2 Å². The summed E-state index contributed by atoms with van der Waals surface area (Å²) >= 11 is 0.